The number of esters is 1. The number of carbonyl (C=O) groups excluding carboxylic acids is 1. The zero-order chi connectivity index (χ0) is 25.7. The van der Waals surface area contributed by atoms with Crippen LogP contribution in [-0.4, -0.2) is 25.4 Å². The fourth-order valence-corrected chi connectivity index (χ4v) is 3.42. The summed E-state index contributed by atoms with van der Waals surface area (Å²) in [5.74, 6) is -0.197. The summed E-state index contributed by atoms with van der Waals surface area (Å²) in [7, 11) is 0. The number of aromatic nitrogens is 2. The molecule has 0 unspecified atom stereocenters. The third kappa shape index (κ3) is 5.80. The van der Waals surface area contributed by atoms with E-state index < -0.39 is 15.8 Å². The van der Waals surface area contributed by atoms with Gasteiger partial charge in [-0.3, -0.25) is 20.2 Å². The molecule has 0 aliphatic rings. The number of carbonyl (C=O) groups is 1. The van der Waals surface area contributed by atoms with Crippen LogP contribution in [-0.2, 0) is 11.3 Å². The predicted octanol–water partition coefficient (Wildman–Crippen LogP) is 5.76. The second-order valence-corrected chi connectivity index (χ2v) is 7.98. The molecule has 0 fully saturated rings. The van der Waals surface area contributed by atoms with E-state index in [1.165, 1.54) is 48.5 Å². The van der Waals surface area contributed by atoms with E-state index in [2.05, 4.69) is 4.98 Å². The van der Waals surface area contributed by atoms with Crippen LogP contribution in [0.15, 0.2) is 85.2 Å². The lowest BCUT2D eigenvalue weighted by atomic mass is 10.1. The lowest BCUT2D eigenvalue weighted by molar-refractivity contribution is -0.385. The summed E-state index contributed by atoms with van der Waals surface area (Å²) in [6, 6.07) is 17.8. The zero-order valence-corrected chi connectivity index (χ0v) is 19.2. The normalized spacial score (nSPS) is 11.2. The molecule has 11 heteroatoms. The Bertz CT molecular complexity index is 1450. The summed E-state index contributed by atoms with van der Waals surface area (Å²) in [6.07, 6.45) is 4.89. The van der Waals surface area contributed by atoms with Crippen LogP contribution in [0.25, 0.3) is 11.8 Å². The second kappa shape index (κ2) is 10.6. The number of rotatable bonds is 8. The maximum absolute atomic E-state index is 12.8. The molecule has 0 bridgehead atoms. The molecular formula is C25H17ClN4O6. The maximum Gasteiger partial charge on any atom is 0.343 e. The van der Waals surface area contributed by atoms with E-state index in [4.69, 9.17) is 16.3 Å². The zero-order valence-electron chi connectivity index (χ0n) is 18.5. The van der Waals surface area contributed by atoms with Crippen LogP contribution in [0, 0.1) is 20.2 Å². The molecule has 0 saturated carbocycles. The van der Waals surface area contributed by atoms with Crippen molar-refractivity contribution in [3.05, 3.63) is 133 Å². The summed E-state index contributed by atoms with van der Waals surface area (Å²) in [4.78, 5) is 38.0. The number of ether oxygens (including phenoxy) is 1. The van der Waals surface area contributed by atoms with Crippen molar-refractivity contribution in [2.24, 2.45) is 0 Å². The highest BCUT2D eigenvalue weighted by molar-refractivity contribution is 6.30. The summed E-state index contributed by atoms with van der Waals surface area (Å²) in [5, 5.41) is 22.6. The van der Waals surface area contributed by atoms with Gasteiger partial charge in [-0.25, -0.2) is 9.78 Å². The first-order valence-corrected chi connectivity index (χ1v) is 10.9. The number of nitro benzene ring substituents is 2. The van der Waals surface area contributed by atoms with Gasteiger partial charge in [-0.1, -0.05) is 23.7 Å². The standard InChI is InChI=1S/C25H17ClN4O6/c26-20-7-1-17(2-8-20)16-28-14-13-27-24(28)15-23(18-3-9-21(10-4-18)29(32)33)36-25(31)19-5-11-22(12-6-19)30(34)35/h1-15H,16H2/b23-15-. The van der Waals surface area contributed by atoms with Gasteiger partial charge in [0.1, 0.15) is 11.6 Å². The average molecular weight is 505 g/mol. The molecule has 0 spiro atoms. The lowest BCUT2D eigenvalue weighted by Gasteiger charge is -2.11. The molecule has 4 aromatic rings. The van der Waals surface area contributed by atoms with E-state index in [9.17, 15) is 25.0 Å². The van der Waals surface area contributed by atoms with Crippen LogP contribution in [0.1, 0.15) is 27.3 Å². The Balaban J connectivity index is 1.67. The van der Waals surface area contributed by atoms with Crippen LogP contribution in [0.4, 0.5) is 11.4 Å². The molecule has 180 valence electrons. The van der Waals surface area contributed by atoms with Crippen molar-refractivity contribution < 1.29 is 19.4 Å². The fourth-order valence-electron chi connectivity index (χ4n) is 3.30. The van der Waals surface area contributed by atoms with Crippen LogP contribution >= 0.6 is 11.6 Å². The minimum Gasteiger partial charge on any atom is -0.422 e. The van der Waals surface area contributed by atoms with Gasteiger partial charge in [0.15, 0.2) is 0 Å². The molecule has 36 heavy (non-hydrogen) atoms. The van der Waals surface area contributed by atoms with Crippen LogP contribution in [0.2, 0.25) is 5.02 Å². The lowest BCUT2D eigenvalue weighted by Crippen LogP contribution is -2.06. The van der Waals surface area contributed by atoms with Crippen LogP contribution in [0.3, 0.4) is 0 Å². The van der Waals surface area contributed by atoms with E-state index in [0.717, 1.165) is 5.56 Å². The smallest absolute Gasteiger partial charge is 0.343 e. The van der Waals surface area contributed by atoms with Crippen molar-refractivity contribution >= 4 is 40.8 Å². The molecule has 0 amide bonds. The van der Waals surface area contributed by atoms with Gasteiger partial charge in [-0.05, 0) is 42.0 Å². The Morgan fingerprint density at radius 2 is 1.44 bits per heavy atom. The molecule has 0 radical (unpaired) electrons. The molecule has 1 aromatic heterocycles. The van der Waals surface area contributed by atoms with Crippen molar-refractivity contribution in [2.45, 2.75) is 6.54 Å². The molecule has 0 aliphatic heterocycles. The Hall–Kier alpha value is -4.83. The maximum atomic E-state index is 12.8. The molecule has 0 N–H and O–H groups in total. The number of imidazole rings is 1. The Labute approximate surface area is 209 Å². The Morgan fingerprint density at radius 1 is 0.889 bits per heavy atom. The Morgan fingerprint density at radius 3 is 2.00 bits per heavy atom. The molecular weight excluding hydrogens is 488 g/mol. The first-order chi connectivity index (χ1) is 17.3. The first kappa shape index (κ1) is 24.3. The topological polar surface area (TPSA) is 130 Å². The molecule has 10 nitrogen and oxygen atoms in total. The number of hydrogen-bond acceptors (Lipinski definition) is 7. The minimum absolute atomic E-state index is 0.0943. The molecule has 3 aromatic carbocycles. The van der Waals surface area contributed by atoms with E-state index in [1.54, 1.807) is 30.6 Å². The van der Waals surface area contributed by atoms with Crippen molar-refractivity contribution in [3.63, 3.8) is 0 Å². The number of non-ortho nitro benzene ring substituents is 2. The summed E-state index contributed by atoms with van der Waals surface area (Å²) >= 11 is 5.96. The quantitative estimate of drug-likeness (QED) is 0.129. The minimum atomic E-state index is -0.759. The summed E-state index contributed by atoms with van der Waals surface area (Å²) in [6.45, 7) is 0.465. The molecule has 0 aliphatic carbocycles. The van der Waals surface area contributed by atoms with Gasteiger partial charge in [-0.15, -0.1) is 0 Å². The first-order valence-electron chi connectivity index (χ1n) is 10.5. The van der Waals surface area contributed by atoms with Gasteiger partial charge in [0, 0.05) is 59.9 Å². The highest BCUT2D eigenvalue weighted by atomic mass is 35.5. The van der Waals surface area contributed by atoms with Gasteiger partial charge < -0.3 is 9.30 Å². The van der Waals surface area contributed by atoms with Gasteiger partial charge >= 0.3 is 5.97 Å². The number of nitrogens with zero attached hydrogens (tertiary/aromatic N) is 4. The molecule has 1 heterocycles. The largest absolute Gasteiger partial charge is 0.422 e. The van der Waals surface area contributed by atoms with Crippen molar-refractivity contribution in [2.75, 3.05) is 0 Å². The van der Waals surface area contributed by atoms with E-state index in [1.807, 2.05) is 16.7 Å². The molecule has 0 saturated heterocycles. The molecule has 0 atom stereocenters. The second-order valence-electron chi connectivity index (χ2n) is 7.55. The summed E-state index contributed by atoms with van der Waals surface area (Å²) in [5.41, 5.74) is 1.17. The number of halogens is 1. The van der Waals surface area contributed by atoms with E-state index in [0.29, 0.717) is 23.0 Å². The third-order valence-corrected chi connectivity index (χ3v) is 5.41. The number of benzene rings is 3. The summed E-state index contributed by atoms with van der Waals surface area (Å²) < 4.78 is 7.46. The highest BCUT2D eigenvalue weighted by Gasteiger charge is 2.16. The van der Waals surface area contributed by atoms with Crippen LogP contribution < -0.4 is 0 Å². The Kier molecular flexibility index (Phi) is 7.17. The predicted molar refractivity (Wildman–Crippen MR) is 132 cm³/mol. The van der Waals surface area contributed by atoms with Gasteiger partial charge in [-0.2, -0.15) is 0 Å². The highest BCUT2D eigenvalue weighted by Crippen LogP contribution is 2.24. The molecule has 4 rings (SSSR count). The van der Waals surface area contributed by atoms with Gasteiger partial charge in [0.05, 0.1) is 15.4 Å². The number of nitro groups is 2. The third-order valence-electron chi connectivity index (χ3n) is 5.15. The van der Waals surface area contributed by atoms with Crippen molar-refractivity contribution in [3.8, 4) is 0 Å². The van der Waals surface area contributed by atoms with E-state index in [-0.39, 0.29) is 22.7 Å². The van der Waals surface area contributed by atoms with Crippen molar-refractivity contribution in [1.29, 1.82) is 0 Å². The average Bonchev–Trinajstić information content (AvgIpc) is 3.31. The number of hydrogen-bond donors (Lipinski definition) is 0. The van der Waals surface area contributed by atoms with Crippen molar-refractivity contribution in [1.82, 2.24) is 9.55 Å². The van der Waals surface area contributed by atoms with Gasteiger partial charge in [0.25, 0.3) is 11.4 Å². The monoisotopic (exact) mass is 504 g/mol. The van der Waals surface area contributed by atoms with Crippen LogP contribution in [0.5, 0.6) is 0 Å². The SMILES string of the molecule is O=C(O/C(=C\c1nccn1Cc1ccc(Cl)cc1)c1ccc([N+](=O)[O-])cc1)c1ccc([N+](=O)[O-])cc1. The van der Waals surface area contributed by atoms with E-state index >= 15 is 0 Å². The fraction of sp³-hybridized carbons (Fsp3) is 0.0400. The van der Waals surface area contributed by atoms with Gasteiger partial charge in [0.2, 0.25) is 0 Å².